The van der Waals surface area contributed by atoms with Crippen molar-refractivity contribution < 1.29 is 14.5 Å². The van der Waals surface area contributed by atoms with E-state index in [1.54, 1.807) is 30.3 Å². The van der Waals surface area contributed by atoms with Crippen LogP contribution in [0.1, 0.15) is 16.7 Å². The van der Waals surface area contributed by atoms with Gasteiger partial charge in [0.05, 0.1) is 8.49 Å². The summed E-state index contributed by atoms with van der Waals surface area (Å²) in [7, 11) is 0. The number of carbonyl (C=O) groups is 1. The first kappa shape index (κ1) is 23.0. The Morgan fingerprint density at radius 1 is 1.19 bits per heavy atom. The molecule has 0 aliphatic heterocycles. The number of nitrogens with zero attached hydrogens (tertiary/aromatic N) is 2. The van der Waals surface area contributed by atoms with Crippen molar-refractivity contribution in [3.05, 3.63) is 103 Å². The van der Waals surface area contributed by atoms with Crippen molar-refractivity contribution in [2.75, 3.05) is 5.32 Å². The molecule has 0 radical (unpaired) electrons. The summed E-state index contributed by atoms with van der Waals surface area (Å²) >= 11 is 2.11. The minimum Gasteiger partial charge on any atom is -0.488 e. The largest absolute Gasteiger partial charge is 0.488 e. The van der Waals surface area contributed by atoms with Crippen LogP contribution in [0.4, 0.5) is 11.4 Å². The normalized spacial score (nSPS) is 10.8. The van der Waals surface area contributed by atoms with Crippen LogP contribution in [0.5, 0.6) is 5.75 Å². The van der Waals surface area contributed by atoms with Gasteiger partial charge in [-0.15, -0.1) is 0 Å². The van der Waals surface area contributed by atoms with Crippen molar-refractivity contribution in [2.24, 2.45) is 0 Å². The lowest BCUT2D eigenvalue weighted by atomic mass is 10.1. The lowest BCUT2D eigenvalue weighted by molar-refractivity contribution is -0.384. The molecule has 3 aromatic rings. The van der Waals surface area contributed by atoms with Gasteiger partial charge in [-0.1, -0.05) is 24.3 Å². The Hall–Kier alpha value is -3.71. The van der Waals surface area contributed by atoms with E-state index in [0.29, 0.717) is 17.0 Å². The van der Waals surface area contributed by atoms with Crippen LogP contribution in [-0.2, 0) is 11.4 Å². The molecule has 0 saturated carbocycles. The highest BCUT2D eigenvalue weighted by molar-refractivity contribution is 14.1. The molecule has 0 atom stereocenters. The van der Waals surface area contributed by atoms with Crippen LogP contribution in [-0.4, -0.2) is 10.8 Å². The smallest absolute Gasteiger partial charge is 0.269 e. The van der Waals surface area contributed by atoms with Crippen LogP contribution in [0.2, 0.25) is 0 Å². The second-order valence-corrected chi connectivity index (χ2v) is 8.00. The van der Waals surface area contributed by atoms with Gasteiger partial charge in [-0.25, -0.2) is 0 Å². The Labute approximate surface area is 198 Å². The van der Waals surface area contributed by atoms with Crippen molar-refractivity contribution in [2.45, 2.75) is 13.5 Å². The van der Waals surface area contributed by atoms with Crippen LogP contribution < -0.4 is 10.1 Å². The number of nitrogens with one attached hydrogen (secondary N) is 1. The maximum atomic E-state index is 12.5. The third kappa shape index (κ3) is 5.92. The van der Waals surface area contributed by atoms with E-state index in [4.69, 9.17) is 4.74 Å². The van der Waals surface area contributed by atoms with Gasteiger partial charge in [0.25, 0.3) is 11.6 Å². The zero-order chi connectivity index (χ0) is 23.1. The number of carbonyl (C=O) groups excluding carboxylic acids is 1. The van der Waals surface area contributed by atoms with E-state index >= 15 is 0 Å². The molecule has 8 heteroatoms. The number of amides is 1. The number of aryl methyl sites for hydroxylation is 1. The van der Waals surface area contributed by atoms with Crippen molar-refractivity contribution in [1.29, 1.82) is 5.26 Å². The number of para-hydroxylation sites is 1. The molecular weight excluding hydrogens is 521 g/mol. The highest BCUT2D eigenvalue weighted by atomic mass is 127. The van der Waals surface area contributed by atoms with E-state index in [-0.39, 0.29) is 17.9 Å². The third-order valence-electron chi connectivity index (χ3n) is 4.57. The summed E-state index contributed by atoms with van der Waals surface area (Å²) < 4.78 is 6.61. The quantitative estimate of drug-likeness (QED) is 0.138. The molecule has 0 unspecified atom stereocenters. The van der Waals surface area contributed by atoms with Crippen molar-refractivity contribution in [3.63, 3.8) is 0 Å². The van der Waals surface area contributed by atoms with Crippen molar-refractivity contribution in [1.82, 2.24) is 0 Å². The van der Waals surface area contributed by atoms with Gasteiger partial charge < -0.3 is 10.1 Å². The lowest BCUT2D eigenvalue weighted by Crippen LogP contribution is -2.14. The molecule has 0 aliphatic carbocycles. The van der Waals surface area contributed by atoms with Gasteiger partial charge in [0, 0.05) is 17.8 Å². The molecule has 1 amide bonds. The molecule has 0 saturated heterocycles. The zero-order valence-corrected chi connectivity index (χ0v) is 19.2. The Bertz CT molecular complexity index is 1230. The first-order valence-corrected chi connectivity index (χ1v) is 10.6. The fourth-order valence-electron chi connectivity index (χ4n) is 2.82. The predicted octanol–water partition coefficient (Wildman–Crippen LogP) is 5.63. The summed E-state index contributed by atoms with van der Waals surface area (Å²) in [5.74, 6) is 0.152. The predicted molar refractivity (Wildman–Crippen MR) is 130 cm³/mol. The SMILES string of the molecule is Cc1ccccc1NC(=O)/C(C#N)=C\c1ccc(OCc2ccc([N+](=O)[O-])cc2)c(I)c1. The first-order valence-electron chi connectivity index (χ1n) is 9.52. The van der Waals surface area contributed by atoms with E-state index in [1.807, 2.05) is 37.3 Å². The number of ether oxygens (including phenoxy) is 1. The van der Waals surface area contributed by atoms with Crippen molar-refractivity contribution in [3.8, 4) is 11.8 Å². The minimum absolute atomic E-state index is 0.0106. The molecule has 3 aromatic carbocycles. The number of hydrogen-bond acceptors (Lipinski definition) is 5. The van der Waals surface area contributed by atoms with E-state index < -0.39 is 10.8 Å². The molecule has 7 nitrogen and oxygen atoms in total. The highest BCUT2D eigenvalue weighted by Crippen LogP contribution is 2.25. The van der Waals surface area contributed by atoms with Crippen LogP contribution in [0.15, 0.2) is 72.3 Å². The average molecular weight is 539 g/mol. The summed E-state index contributed by atoms with van der Waals surface area (Å²) in [6.45, 7) is 2.13. The topological polar surface area (TPSA) is 105 Å². The van der Waals surface area contributed by atoms with Crippen LogP contribution >= 0.6 is 22.6 Å². The number of hydrogen-bond donors (Lipinski definition) is 1. The van der Waals surface area contributed by atoms with E-state index in [9.17, 15) is 20.2 Å². The molecule has 32 heavy (non-hydrogen) atoms. The van der Waals surface area contributed by atoms with Gasteiger partial charge in [0.2, 0.25) is 0 Å². The molecule has 0 spiro atoms. The van der Waals surface area contributed by atoms with Gasteiger partial charge in [-0.2, -0.15) is 5.26 Å². The molecule has 0 aromatic heterocycles. The monoisotopic (exact) mass is 539 g/mol. The first-order chi connectivity index (χ1) is 15.4. The summed E-state index contributed by atoms with van der Waals surface area (Å²) in [5.41, 5.74) is 3.07. The fraction of sp³-hybridized carbons (Fsp3) is 0.0833. The second kappa shape index (κ2) is 10.5. The highest BCUT2D eigenvalue weighted by Gasteiger charge is 2.12. The summed E-state index contributed by atoms with van der Waals surface area (Å²) in [6.07, 6.45) is 1.52. The number of nitro groups is 1. The maximum absolute atomic E-state index is 12.5. The van der Waals surface area contributed by atoms with Gasteiger partial charge in [-0.3, -0.25) is 14.9 Å². The number of anilines is 1. The Kier molecular flexibility index (Phi) is 7.57. The van der Waals surface area contributed by atoms with E-state index in [1.165, 1.54) is 18.2 Å². The molecule has 1 N–H and O–H groups in total. The molecule has 3 rings (SSSR count). The summed E-state index contributed by atoms with van der Waals surface area (Å²) in [5, 5.41) is 22.9. The lowest BCUT2D eigenvalue weighted by Gasteiger charge is -2.10. The molecule has 0 fully saturated rings. The standard InChI is InChI=1S/C24H18IN3O4/c1-16-4-2-3-5-22(16)27-24(29)19(14-26)12-18-8-11-23(21(25)13-18)32-15-17-6-9-20(10-7-17)28(30)31/h2-13H,15H2,1H3,(H,27,29)/b19-12-. The molecule has 0 heterocycles. The van der Waals surface area contributed by atoms with Crippen molar-refractivity contribution >= 4 is 45.9 Å². The number of rotatable bonds is 7. The number of benzene rings is 3. The second-order valence-electron chi connectivity index (χ2n) is 6.84. The van der Waals surface area contributed by atoms with Crippen LogP contribution in [0.25, 0.3) is 6.08 Å². The number of nitro benzene ring substituents is 1. The van der Waals surface area contributed by atoms with Gasteiger partial charge >= 0.3 is 0 Å². The number of non-ortho nitro benzene ring substituents is 1. The number of halogens is 1. The summed E-state index contributed by atoms with van der Waals surface area (Å²) in [6, 6.07) is 20.8. The van der Waals surface area contributed by atoms with E-state index in [0.717, 1.165) is 14.7 Å². The third-order valence-corrected chi connectivity index (χ3v) is 5.41. The molecule has 0 aliphatic rings. The summed E-state index contributed by atoms with van der Waals surface area (Å²) in [4.78, 5) is 22.8. The van der Waals surface area contributed by atoms with E-state index in [2.05, 4.69) is 27.9 Å². The van der Waals surface area contributed by atoms with Crippen LogP contribution in [0.3, 0.4) is 0 Å². The Morgan fingerprint density at radius 3 is 2.53 bits per heavy atom. The Balaban J connectivity index is 1.69. The average Bonchev–Trinajstić information content (AvgIpc) is 2.78. The van der Waals surface area contributed by atoms with Crippen LogP contribution in [0, 0.1) is 31.9 Å². The minimum atomic E-state index is -0.477. The van der Waals surface area contributed by atoms with Gasteiger partial charge in [-0.05, 0) is 82.6 Å². The Morgan fingerprint density at radius 2 is 1.91 bits per heavy atom. The molecule has 160 valence electrons. The van der Waals surface area contributed by atoms with Gasteiger partial charge in [0.15, 0.2) is 0 Å². The fourth-order valence-corrected chi connectivity index (χ4v) is 3.51. The molecular formula is C24H18IN3O4. The van der Waals surface area contributed by atoms with Gasteiger partial charge in [0.1, 0.15) is 24.0 Å². The maximum Gasteiger partial charge on any atom is 0.269 e. The zero-order valence-electron chi connectivity index (χ0n) is 17.0. The molecule has 0 bridgehead atoms. The number of nitriles is 1.